The molecule has 8 nitrogen and oxygen atoms in total. The lowest BCUT2D eigenvalue weighted by Crippen LogP contribution is -2.35. The highest BCUT2D eigenvalue weighted by atomic mass is 32.2. The van der Waals surface area contributed by atoms with E-state index in [4.69, 9.17) is 0 Å². The Balaban J connectivity index is 0.744. The number of unbranched alkanes of at least 4 members (excludes halogenated alkanes) is 3. The molecule has 10 rings (SSSR count). The van der Waals surface area contributed by atoms with Crippen LogP contribution in [0.15, 0.2) is 130 Å². The number of sulfonamides is 2. The molecule has 6 heterocycles. The molecular weight excluding hydrogens is 897 g/mol. The van der Waals surface area contributed by atoms with Crippen LogP contribution in [0.5, 0.6) is 0 Å². The van der Waals surface area contributed by atoms with Gasteiger partial charge in [-0.3, -0.25) is 0 Å². The molecule has 5 aliphatic rings. The molecule has 2 atom stereocenters. The van der Waals surface area contributed by atoms with Gasteiger partial charge in [-0.1, -0.05) is 87.2 Å². The van der Waals surface area contributed by atoms with Gasteiger partial charge in [-0.25, -0.2) is 16.8 Å². The minimum atomic E-state index is -3.49. The normalized spacial score (nSPS) is 21.5. The van der Waals surface area contributed by atoms with Gasteiger partial charge < -0.3 is 9.80 Å². The number of benzene rings is 4. The fraction of sp³-hybridized carbons (Fsp3) is 0.370. The highest BCUT2D eigenvalue weighted by molar-refractivity contribution is 8.00. The molecule has 344 valence electrons. The summed E-state index contributed by atoms with van der Waals surface area (Å²) >= 11 is 3.46. The monoisotopic (exact) mass is 956 g/mol. The number of allylic oxidation sites excluding steroid dienone is 4. The Morgan fingerprint density at radius 2 is 1.18 bits per heavy atom. The lowest BCUT2D eigenvalue weighted by atomic mass is 9.93. The van der Waals surface area contributed by atoms with Gasteiger partial charge in [0.15, 0.2) is 0 Å². The van der Waals surface area contributed by atoms with E-state index >= 15 is 0 Å². The van der Waals surface area contributed by atoms with E-state index < -0.39 is 20.0 Å². The summed E-state index contributed by atoms with van der Waals surface area (Å²) in [5.41, 5.74) is 9.73. The average Bonchev–Trinajstić information content (AvgIpc) is 3.84. The summed E-state index contributed by atoms with van der Waals surface area (Å²) in [4.78, 5) is 7.85. The third-order valence-corrected chi connectivity index (χ3v) is 20.6. The predicted molar refractivity (Wildman–Crippen MR) is 276 cm³/mol. The number of anilines is 2. The third-order valence-electron chi connectivity index (χ3n) is 14.2. The maximum atomic E-state index is 13.5. The lowest BCUT2D eigenvalue weighted by molar-refractivity contribution is 0.346. The summed E-state index contributed by atoms with van der Waals surface area (Å²) in [5.74, 6) is 0.279. The van der Waals surface area contributed by atoms with E-state index in [-0.39, 0.29) is 11.2 Å². The van der Waals surface area contributed by atoms with Crippen molar-refractivity contribution < 1.29 is 16.8 Å². The Morgan fingerprint density at radius 1 is 0.636 bits per heavy atom. The van der Waals surface area contributed by atoms with Crippen LogP contribution < -0.4 is 9.80 Å². The number of piperidine rings is 2. The smallest absolute Gasteiger partial charge is 0.243 e. The van der Waals surface area contributed by atoms with Gasteiger partial charge in [0.2, 0.25) is 20.0 Å². The molecule has 0 spiro atoms. The molecule has 12 heteroatoms. The van der Waals surface area contributed by atoms with Crippen molar-refractivity contribution in [3.8, 4) is 0 Å². The van der Waals surface area contributed by atoms with E-state index in [2.05, 4.69) is 109 Å². The summed E-state index contributed by atoms with van der Waals surface area (Å²) in [7, 11) is -6.96. The fourth-order valence-corrected chi connectivity index (χ4v) is 16.2. The van der Waals surface area contributed by atoms with Gasteiger partial charge in [0.05, 0.1) is 9.79 Å². The molecule has 0 radical (unpaired) electrons. The van der Waals surface area contributed by atoms with Crippen LogP contribution in [0, 0.1) is 6.92 Å². The molecule has 5 aromatic rings. The molecule has 2 fully saturated rings. The number of hydrogen-bond acceptors (Lipinski definition) is 8. The lowest BCUT2D eigenvalue weighted by Gasteiger charge is -2.29. The van der Waals surface area contributed by atoms with E-state index in [0.717, 1.165) is 97.2 Å². The number of para-hydroxylation sites is 2. The zero-order valence-corrected chi connectivity index (χ0v) is 41.3. The Bertz CT molecular complexity index is 2980. The number of fused-ring (bicyclic) bond motifs is 4. The largest absolute Gasteiger partial charge is 0.347 e. The summed E-state index contributed by atoms with van der Waals surface area (Å²) in [6.07, 6.45) is 24.0. The topological polar surface area (TPSA) is 81.2 Å². The molecule has 0 bridgehead atoms. The van der Waals surface area contributed by atoms with Gasteiger partial charge in [-0.2, -0.15) is 8.61 Å². The minimum Gasteiger partial charge on any atom is -0.347 e. The molecule has 0 N–H and O–H groups in total. The van der Waals surface area contributed by atoms with Crippen molar-refractivity contribution in [1.82, 2.24) is 8.61 Å². The summed E-state index contributed by atoms with van der Waals surface area (Å²) < 4.78 is 58.2. The van der Waals surface area contributed by atoms with Crippen LogP contribution >= 0.6 is 23.1 Å². The number of nitrogens with zero attached hydrogens (tertiary/aromatic N) is 4. The van der Waals surface area contributed by atoms with E-state index in [1.54, 1.807) is 37.8 Å². The standard InChI is InChI=1S/C54H60N4O4S4/c1-39-45-23-21-43(65(59,60)57-29-13-5-14-30-57)37-53(45)63-51(39)35-41-25-33-55(49-19-9-7-17-47(41)49)27-11-3-4-12-28-56-34-26-42(48-18-8-10-20-50(48)56)36-52-40(2)46-24-22-44(38-54(46)64-52)66(61,62)58-31-15-6-16-32-58/h7-10,17-26,33-39,51H,3-6,11-16,27-32H2,1-2H3. The fourth-order valence-electron chi connectivity index (χ4n) is 10.3. The highest BCUT2D eigenvalue weighted by Gasteiger charge is 2.33. The molecule has 4 aromatic carbocycles. The van der Waals surface area contributed by atoms with Crippen LogP contribution in [0.25, 0.3) is 27.3 Å². The third kappa shape index (κ3) is 9.01. The Hall–Kier alpha value is -4.43. The van der Waals surface area contributed by atoms with Gasteiger partial charge in [-0.15, -0.1) is 23.1 Å². The summed E-state index contributed by atoms with van der Waals surface area (Å²) in [5, 5.41) is 1.33. The molecule has 5 aliphatic heterocycles. The molecule has 0 amide bonds. The second kappa shape index (κ2) is 19.3. The first kappa shape index (κ1) is 45.4. The number of rotatable bonds is 13. The van der Waals surface area contributed by atoms with Gasteiger partial charge in [-0.05, 0) is 134 Å². The highest BCUT2D eigenvalue weighted by Crippen LogP contribution is 2.48. The molecule has 2 saturated heterocycles. The van der Waals surface area contributed by atoms with Crippen LogP contribution in [-0.2, 0) is 20.0 Å². The molecule has 2 unspecified atom stereocenters. The van der Waals surface area contributed by atoms with Crippen LogP contribution in [0.4, 0.5) is 11.4 Å². The summed E-state index contributed by atoms with van der Waals surface area (Å²) in [6, 6.07) is 28.8. The molecule has 0 saturated carbocycles. The van der Waals surface area contributed by atoms with Gasteiger partial charge in [0.1, 0.15) is 0 Å². The van der Waals surface area contributed by atoms with Crippen molar-refractivity contribution in [1.29, 1.82) is 0 Å². The molecule has 66 heavy (non-hydrogen) atoms. The SMILES string of the molecule is Cc1c(C=C2C=CN(CCCCCCN3C=CC(=CC4Sc5cc(S(=O)(=O)N6CCCCC6)ccc5C4C)c4ccccc43)c3ccccc32)sc2cc(S(=O)(=O)N3CCCCC3)ccc12. The van der Waals surface area contributed by atoms with Gasteiger partial charge in [0.25, 0.3) is 0 Å². The van der Waals surface area contributed by atoms with Crippen molar-refractivity contribution in [2.45, 2.75) is 104 Å². The molecule has 1 aromatic heterocycles. The van der Waals surface area contributed by atoms with Crippen LogP contribution in [0.2, 0.25) is 0 Å². The molecule has 0 aliphatic carbocycles. The second-order valence-electron chi connectivity index (χ2n) is 18.4. The quantitative estimate of drug-likeness (QED) is 0.109. The zero-order chi connectivity index (χ0) is 45.4. The van der Waals surface area contributed by atoms with Crippen molar-refractivity contribution in [2.75, 3.05) is 49.1 Å². The van der Waals surface area contributed by atoms with E-state index in [1.807, 2.05) is 30.3 Å². The van der Waals surface area contributed by atoms with Crippen molar-refractivity contribution in [3.63, 3.8) is 0 Å². The first-order chi connectivity index (χ1) is 32.1. The van der Waals surface area contributed by atoms with Crippen LogP contribution in [0.3, 0.4) is 0 Å². The first-order valence-corrected chi connectivity index (χ1v) is 28.5. The predicted octanol–water partition coefficient (Wildman–Crippen LogP) is 12.7. The van der Waals surface area contributed by atoms with Crippen molar-refractivity contribution in [2.24, 2.45) is 0 Å². The van der Waals surface area contributed by atoms with Crippen LogP contribution in [0.1, 0.15) is 104 Å². The Labute approximate surface area is 400 Å². The van der Waals surface area contributed by atoms with Gasteiger partial charge in [0, 0.05) is 93.9 Å². The average molecular weight is 957 g/mol. The van der Waals surface area contributed by atoms with Crippen molar-refractivity contribution >= 4 is 81.8 Å². The number of hydrogen-bond donors (Lipinski definition) is 0. The van der Waals surface area contributed by atoms with E-state index in [9.17, 15) is 16.8 Å². The summed E-state index contributed by atoms with van der Waals surface area (Å²) in [6.45, 7) is 8.76. The zero-order valence-electron chi connectivity index (χ0n) is 38.1. The van der Waals surface area contributed by atoms with Gasteiger partial charge >= 0.3 is 0 Å². The van der Waals surface area contributed by atoms with Crippen molar-refractivity contribution in [3.05, 3.63) is 143 Å². The number of thiophene rings is 1. The van der Waals surface area contributed by atoms with E-state index in [0.29, 0.717) is 36.0 Å². The number of aryl methyl sites for hydroxylation is 1. The molecular formula is C54H60N4O4S4. The Morgan fingerprint density at radius 3 is 1.80 bits per heavy atom. The van der Waals surface area contributed by atoms with Crippen LogP contribution in [-0.4, -0.2) is 70.0 Å². The Kier molecular flexibility index (Phi) is 13.3. The van der Waals surface area contributed by atoms with E-state index in [1.165, 1.54) is 44.8 Å². The number of thioether (sulfide) groups is 1. The maximum absolute atomic E-state index is 13.5. The second-order valence-corrected chi connectivity index (χ2v) is 24.6. The first-order valence-electron chi connectivity index (χ1n) is 23.9. The minimum absolute atomic E-state index is 0.218. The maximum Gasteiger partial charge on any atom is 0.243 e.